The Hall–Kier alpha value is -1.08. The predicted molar refractivity (Wildman–Crippen MR) is 55.9 cm³/mol. The van der Waals surface area contributed by atoms with Crippen molar-refractivity contribution >= 4 is 0 Å². The van der Waals surface area contributed by atoms with Crippen LogP contribution in [0.2, 0.25) is 0 Å². The topological polar surface area (TPSA) is 26.0 Å². The van der Waals surface area contributed by atoms with Crippen LogP contribution in [-0.2, 0) is 0 Å². The molecule has 0 radical (unpaired) electrons. The maximum atomic E-state index is 5.44. The first-order chi connectivity index (χ1) is 5.85. The van der Waals surface area contributed by atoms with Gasteiger partial charge in [0.15, 0.2) is 0 Å². The molecule has 1 heteroatoms. The minimum atomic E-state index is 0.553. The van der Waals surface area contributed by atoms with E-state index in [9.17, 15) is 0 Å². The van der Waals surface area contributed by atoms with Crippen LogP contribution in [0.3, 0.4) is 0 Å². The molecule has 0 aromatic rings. The number of allylic oxidation sites excluding steroid dienone is 5. The molecule has 0 fully saturated rings. The smallest absolute Gasteiger partial charge is 0.0177 e. The molecule has 0 heterocycles. The highest BCUT2D eigenvalue weighted by molar-refractivity contribution is 5.23. The van der Waals surface area contributed by atoms with Gasteiger partial charge in [-0.05, 0) is 18.9 Å². The van der Waals surface area contributed by atoms with Gasteiger partial charge in [0.25, 0.3) is 0 Å². The molecule has 0 saturated carbocycles. The third kappa shape index (κ3) is 5.69. The Balaban J connectivity index is 3.83. The first-order valence-corrected chi connectivity index (χ1v) is 4.14. The van der Waals surface area contributed by atoms with E-state index in [0.717, 1.165) is 12.0 Å². The summed E-state index contributed by atoms with van der Waals surface area (Å²) in [5.41, 5.74) is 6.50. The molecule has 0 aliphatic rings. The number of nitrogens with two attached hydrogens (primary N) is 1. The van der Waals surface area contributed by atoms with Crippen LogP contribution in [0.4, 0.5) is 0 Å². The van der Waals surface area contributed by atoms with Gasteiger partial charge in [-0.1, -0.05) is 43.0 Å². The van der Waals surface area contributed by atoms with Gasteiger partial charge in [0, 0.05) is 6.54 Å². The van der Waals surface area contributed by atoms with Crippen molar-refractivity contribution in [3.63, 3.8) is 0 Å². The number of hydrogen-bond acceptors (Lipinski definition) is 1. The fourth-order valence-corrected chi connectivity index (χ4v) is 0.704. The Morgan fingerprint density at radius 2 is 2.17 bits per heavy atom. The van der Waals surface area contributed by atoms with Crippen LogP contribution in [0.15, 0.2) is 48.6 Å². The zero-order valence-corrected chi connectivity index (χ0v) is 7.66. The molecule has 0 aromatic carbocycles. The first kappa shape index (κ1) is 10.9. The molecule has 2 N–H and O–H groups in total. The van der Waals surface area contributed by atoms with Gasteiger partial charge in [0.1, 0.15) is 0 Å². The second-order valence-corrected chi connectivity index (χ2v) is 2.38. The quantitative estimate of drug-likeness (QED) is 0.489. The summed E-state index contributed by atoms with van der Waals surface area (Å²) < 4.78 is 0. The van der Waals surface area contributed by atoms with Gasteiger partial charge in [0.05, 0.1) is 0 Å². The van der Waals surface area contributed by atoms with Crippen molar-refractivity contribution in [2.45, 2.75) is 13.3 Å². The summed E-state index contributed by atoms with van der Waals surface area (Å²) in [5, 5.41) is 0. The summed E-state index contributed by atoms with van der Waals surface area (Å²) in [6.07, 6.45) is 13.0. The molecule has 0 aromatic heterocycles. The van der Waals surface area contributed by atoms with Gasteiger partial charge in [0.2, 0.25) is 0 Å². The molecule has 0 spiro atoms. The maximum absolute atomic E-state index is 5.44. The molecule has 1 nitrogen and oxygen atoms in total. The minimum Gasteiger partial charge on any atom is -0.326 e. The summed E-state index contributed by atoms with van der Waals surface area (Å²) >= 11 is 0. The standard InChI is InChI=1S/C11H17N/c1-3-5-6-7-8-9-11(4-2)10-12/h3-5,7-9H,2,6,10,12H2,1H3/b5-3+,8-7+,11-9+. The summed E-state index contributed by atoms with van der Waals surface area (Å²) in [4.78, 5) is 0. The van der Waals surface area contributed by atoms with Gasteiger partial charge in [-0.3, -0.25) is 0 Å². The third-order valence-corrected chi connectivity index (χ3v) is 1.45. The number of rotatable bonds is 5. The fourth-order valence-electron chi connectivity index (χ4n) is 0.704. The van der Waals surface area contributed by atoms with Crippen molar-refractivity contribution in [3.05, 3.63) is 48.6 Å². The van der Waals surface area contributed by atoms with Crippen LogP contribution in [0.25, 0.3) is 0 Å². The summed E-state index contributed by atoms with van der Waals surface area (Å²) in [6, 6.07) is 0. The van der Waals surface area contributed by atoms with Gasteiger partial charge in [-0.15, -0.1) is 0 Å². The number of hydrogen-bond donors (Lipinski definition) is 1. The van der Waals surface area contributed by atoms with Crippen LogP contribution >= 0.6 is 0 Å². The molecule has 0 saturated heterocycles. The summed E-state index contributed by atoms with van der Waals surface area (Å²) in [6.45, 7) is 6.22. The highest BCUT2D eigenvalue weighted by Gasteiger charge is 1.80. The first-order valence-electron chi connectivity index (χ1n) is 4.14. The lowest BCUT2D eigenvalue weighted by Crippen LogP contribution is -1.99. The van der Waals surface area contributed by atoms with Crippen molar-refractivity contribution in [2.75, 3.05) is 6.54 Å². The van der Waals surface area contributed by atoms with Crippen molar-refractivity contribution in [3.8, 4) is 0 Å². The molecule has 0 aliphatic carbocycles. The average molecular weight is 163 g/mol. The van der Waals surface area contributed by atoms with Crippen molar-refractivity contribution < 1.29 is 0 Å². The molecule has 0 amide bonds. The van der Waals surface area contributed by atoms with E-state index in [4.69, 9.17) is 5.73 Å². The van der Waals surface area contributed by atoms with E-state index in [0.29, 0.717) is 6.54 Å². The molecule has 0 aliphatic heterocycles. The molecular weight excluding hydrogens is 146 g/mol. The van der Waals surface area contributed by atoms with E-state index in [1.165, 1.54) is 0 Å². The Bertz CT molecular complexity index is 197. The van der Waals surface area contributed by atoms with Crippen LogP contribution in [-0.4, -0.2) is 6.54 Å². The molecule has 0 unspecified atom stereocenters. The lowest BCUT2D eigenvalue weighted by atomic mass is 10.2. The van der Waals surface area contributed by atoms with Gasteiger partial charge in [-0.2, -0.15) is 0 Å². The Morgan fingerprint density at radius 3 is 2.67 bits per heavy atom. The van der Waals surface area contributed by atoms with Crippen molar-refractivity contribution in [2.24, 2.45) is 5.73 Å². The monoisotopic (exact) mass is 163 g/mol. The van der Waals surface area contributed by atoms with E-state index >= 15 is 0 Å². The van der Waals surface area contributed by atoms with Crippen LogP contribution < -0.4 is 5.73 Å². The second kappa shape index (κ2) is 8.02. The molecule has 0 bridgehead atoms. The van der Waals surface area contributed by atoms with Crippen LogP contribution in [0.1, 0.15) is 13.3 Å². The fraction of sp³-hybridized carbons (Fsp3) is 0.273. The summed E-state index contributed by atoms with van der Waals surface area (Å²) in [7, 11) is 0. The molecule has 0 atom stereocenters. The van der Waals surface area contributed by atoms with E-state index in [2.05, 4.69) is 18.7 Å². The molecule has 66 valence electrons. The average Bonchev–Trinajstić information content (AvgIpc) is 2.11. The van der Waals surface area contributed by atoms with E-state index < -0.39 is 0 Å². The maximum Gasteiger partial charge on any atom is 0.0177 e. The molecule has 0 rings (SSSR count). The zero-order chi connectivity index (χ0) is 9.23. The predicted octanol–water partition coefficient (Wildman–Crippen LogP) is 2.58. The van der Waals surface area contributed by atoms with E-state index in [-0.39, 0.29) is 0 Å². The van der Waals surface area contributed by atoms with Crippen molar-refractivity contribution in [1.29, 1.82) is 0 Å². The van der Waals surface area contributed by atoms with Crippen LogP contribution in [0.5, 0.6) is 0 Å². The normalized spacial score (nSPS) is 13.0. The second-order valence-electron chi connectivity index (χ2n) is 2.38. The lowest BCUT2D eigenvalue weighted by Gasteiger charge is -1.90. The van der Waals surface area contributed by atoms with Gasteiger partial charge < -0.3 is 5.73 Å². The van der Waals surface area contributed by atoms with E-state index in [1.807, 2.05) is 25.2 Å². The Labute approximate surface area is 75.0 Å². The SMILES string of the molecule is C=C/C(=C\C=C\C/C=C/C)CN. The zero-order valence-electron chi connectivity index (χ0n) is 7.66. The van der Waals surface area contributed by atoms with E-state index in [1.54, 1.807) is 6.08 Å². The highest BCUT2D eigenvalue weighted by Crippen LogP contribution is 1.94. The Morgan fingerprint density at radius 1 is 1.42 bits per heavy atom. The van der Waals surface area contributed by atoms with Gasteiger partial charge in [-0.25, -0.2) is 0 Å². The summed E-state index contributed by atoms with van der Waals surface area (Å²) in [5.74, 6) is 0. The highest BCUT2D eigenvalue weighted by atomic mass is 14.5. The molecular formula is C11H17N. The third-order valence-electron chi connectivity index (χ3n) is 1.45. The van der Waals surface area contributed by atoms with Crippen LogP contribution in [0, 0.1) is 0 Å². The van der Waals surface area contributed by atoms with Gasteiger partial charge >= 0.3 is 0 Å². The van der Waals surface area contributed by atoms with Crippen molar-refractivity contribution in [1.82, 2.24) is 0 Å². The minimum absolute atomic E-state index is 0.553. The lowest BCUT2D eigenvalue weighted by molar-refractivity contribution is 1.19. The molecule has 12 heavy (non-hydrogen) atoms. The largest absolute Gasteiger partial charge is 0.326 e. The Kier molecular flexibility index (Phi) is 7.30.